The smallest absolute Gasteiger partial charge is 0.0300 e. The van der Waals surface area contributed by atoms with E-state index in [2.05, 4.69) is 0 Å². The van der Waals surface area contributed by atoms with E-state index in [1.807, 2.05) is 30.3 Å². The van der Waals surface area contributed by atoms with Crippen LogP contribution >= 0.6 is 17.0 Å². The molecule has 1 aromatic carbocycles. The Morgan fingerprint density at radius 2 is 1.82 bits per heavy atom. The number of benzene rings is 1. The molecule has 0 unspecified atom stereocenters. The predicted octanol–water partition coefficient (Wildman–Crippen LogP) is 2.28. The van der Waals surface area contributed by atoms with Gasteiger partial charge in [0.1, 0.15) is 0 Å². The molecule has 0 saturated heterocycles. The Kier molecular flexibility index (Phi) is 6.07. The summed E-state index contributed by atoms with van der Waals surface area (Å²) in [6.07, 6.45) is 0.747. The van der Waals surface area contributed by atoms with Crippen LogP contribution in [0.25, 0.3) is 0 Å². The molecule has 0 saturated carbocycles. The lowest BCUT2D eigenvalue weighted by molar-refractivity contribution is 0.337. The fourth-order valence-corrected chi connectivity index (χ4v) is 0.836. The van der Waals surface area contributed by atoms with E-state index in [0.717, 1.165) is 12.0 Å². The summed E-state index contributed by atoms with van der Waals surface area (Å²) >= 11 is 0. The minimum atomic E-state index is 0. The summed E-state index contributed by atoms with van der Waals surface area (Å²) in [5, 5.41) is 0. The third-order valence-electron chi connectivity index (χ3n) is 1.35. The van der Waals surface area contributed by atoms with Crippen LogP contribution in [0.4, 0.5) is 4.48 Å². The van der Waals surface area contributed by atoms with Crippen molar-refractivity contribution in [1.82, 2.24) is 5.54 Å². The van der Waals surface area contributed by atoms with Gasteiger partial charge in [-0.3, -0.25) is 0 Å². The van der Waals surface area contributed by atoms with Crippen molar-refractivity contribution in [1.29, 1.82) is 0 Å². The van der Waals surface area contributed by atoms with Crippen LogP contribution < -0.4 is 5.54 Å². The summed E-state index contributed by atoms with van der Waals surface area (Å²) in [5.74, 6) is 0. The fourth-order valence-electron chi connectivity index (χ4n) is 0.836. The van der Waals surface area contributed by atoms with Gasteiger partial charge in [-0.25, -0.2) is 0 Å². The first-order valence-corrected chi connectivity index (χ1v) is 3.31. The maximum absolute atomic E-state index is 11.4. The summed E-state index contributed by atoms with van der Waals surface area (Å²) in [6, 6.07) is 9.82. The van der Waals surface area contributed by atoms with Crippen LogP contribution in [-0.2, 0) is 6.42 Å². The lowest BCUT2D eigenvalue weighted by atomic mass is 10.2. The number of hydrogen-bond donors (Lipinski definition) is 1. The molecule has 0 amide bonds. The summed E-state index contributed by atoms with van der Waals surface area (Å²) in [6.45, 7) is 0.393. The van der Waals surface area contributed by atoms with Crippen molar-refractivity contribution in [2.24, 2.45) is 0 Å². The van der Waals surface area contributed by atoms with Gasteiger partial charge in [-0.2, -0.15) is 5.54 Å². The normalized spacial score (nSPS) is 8.82. The molecule has 1 aromatic rings. The average molecular weight is 220 g/mol. The molecule has 0 radical (unpaired) electrons. The molecule has 0 bridgehead atoms. The summed E-state index contributed by atoms with van der Waals surface area (Å²) in [5.41, 5.74) is 2.78. The Hall–Kier alpha value is -0.410. The molecule has 0 aliphatic carbocycles. The first-order valence-electron chi connectivity index (χ1n) is 3.31. The van der Waals surface area contributed by atoms with Gasteiger partial charge in [-0.15, -0.1) is 21.5 Å². The Morgan fingerprint density at radius 1 is 1.18 bits per heavy atom. The van der Waals surface area contributed by atoms with E-state index in [1.54, 1.807) is 5.54 Å². The molecular weight excluding hydrogens is 209 g/mol. The molecule has 0 aliphatic rings. The number of halogens is 2. The van der Waals surface area contributed by atoms with Crippen molar-refractivity contribution in [3.63, 3.8) is 0 Å². The molecule has 0 spiro atoms. The second-order valence-electron chi connectivity index (χ2n) is 2.12. The highest BCUT2D eigenvalue weighted by molar-refractivity contribution is 8.93. The molecule has 0 heterocycles. The zero-order valence-corrected chi connectivity index (χ0v) is 7.80. The van der Waals surface area contributed by atoms with Crippen molar-refractivity contribution < 1.29 is 4.48 Å². The third-order valence-corrected chi connectivity index (χ3v) is 1.35. The highest BCUT2D eigenvalue weighted by Crippen LogP contribution is 1.97. The van der Waals surface area contributed by atoms with Crippen molar-refractivity contribution in [3.05, 3.63) is 35.9 Å². The van der Waals surface area contributed by atoms with E-state index >= 15 is 0 Å². The predicted molar refractivity (Wildman–Crippen MR) is 49.6 cm³/mol. The van der Waals surface area contributed by atoms with Gasteiger partial charge in [0, 0.05) is 6.54 Å². The van der Waals surface area contributed by atoms with Crippen LogP contribution in [0.5, 0.6) is 0 Å². The molecule has 0 atom stereocenters. The quantitative estimate of drug-likeness (QED) is 0.770. The summed E-state index contributed by atoms with van der Waals surface area (Å²) < 4.78 is 11.4. The lowest BCUT2D eigenvalue weighted by Gasteiger charge is -1.95. The van der Waals surface area contributed by atoms with E-state index in [0.29, 0.717) is 6.54 Å². The van der Waals surface area contributed by atoms with Crippen LogP contribution in [0.15, 0.2) is 30.3 Å². The topological polar surface area (TPSA) is 12.0 Å². The average Bonchev–Trinajstić information content (AvgIpc) is 2.03. The maximum atomic E-state index is 11.4. The molecular formula is C8H11BrFN. The largest absolute Gasteiger partial charge is 0.159 e. The van der Waals surface area contributed by atoms with Gasteiger partial charge < -0.3 is 0 Å². The Bertz CT molecular complexity index is 179. The number of hydrogen-bond acceptors (Lipinski definition) is 1. The Morgan fingerprint density at radius 3 is 2.36 bits per heavy atom. The first-order chi connectivity index (χ1) is 4.93. The SMILES string of the molecule is Br.FNCCc1ccccc1. The van der Waals surface area contributed by atoms with E-state index in [1.165, 1.54) is 0 Å². The van der Waals surface area contributed by atoms with Crippen molar-refractivity contribution in [2.45, 2.75) is 6.42 Å². The molecule has 3 heteroatoms. The summed E-state index contributed by atoms with van der Waals surface area (Å²) in [7, 11) is 0. The zero-order chi connectivity index (χ0) is 7.23. The Labute approximate surface area is 76.3 Å². The van der Waals surface area contributed by atoms with Gasteiger partial charge in [0.2, 0.25) is 0 Å². The van der Waals surface area contributed by atoms with Gasteiger partial charge in [-0.1, -0.05) is 30.3 Å². The maximum Gasteiger partial charge on any atom is 0.0300 e. The molecule has 1 nitrogen and oxygen atoms in total. The van der Waals surface area contributed by atoms with E-state index in [-0.39, 0.29) is 17.0 Å². The number of rotatable bonds is 3. The van der Waals surface area contributed by atoms with Gasteiger partial charge in [0.25, 0.3) is 0 Å². The second-order valence-corrected chi connectivity index (χ2v) is 2.12. The van der Waals surface area contributed by atoms with Crippen LogP contribution in [0.1, 0.15) is 5.56 Å². The molecule has 1 rings (SSSR count). The van der Waals surface area contributed by atoms with Crippen molar-refractivity contribution >= 4 is 17.0 Å². The second kappa shape index (κ2) is 6.31. The minimum Gasteiger partial charge on any atom is -0.159 e. The van der Waals surface area contributed by atoms with Crippen LogP contribution in [0.2, 0.25) is 0 Å². The van der Waals surface area contributed by atoms with Crippen molar-refractivity contribution in [3.8, 4) is 0 Å². The zero-order valence-electron chi connectivity index (χ0n) is 6.09. The highest BCUT2D eigenvalue weighted by Gasteiger charge is 1.88. The molecule has 1 N–H and O–H groups in total. The van der Waals surface area contributed by atoms with Gasteiger partial charge >= 0.3 is 0 Å². The summed E-state index contributed by atoms with van der Waals surface area (Å²) in [4.78, 5) is 0. The standard InChI is InChI=1S/C8H10FN.BrH/c9-10-7-6-8-4-2-1-3-5-8;/h1-5,10H,6-7H2;1H. The minimum absolute atomic E-state index is 0. The first kappa shape index (κ1) is 10.6. The van der Waals surface area contributed by atoms with Gasteiger partial charge in [-0.05, 0) is 12.0 Å². The molecule has 11 heavy (non-hydrogen) atoms. The van der Waals surface area contributed by atoms with E-state index < -0.39 is 0 Å². The Balaban J connectivity index is 0.000001000. The lowest BCUT2D eigenvalue weighted by Crippen LogP contribution is -2.05. The van der Waals surface area contributed by atoms with Gasteiger partial charge in [0.05, 0.1) is 0 Å². The van der Waals surface area contributed by atoms with Crippen LogP contribution in [0, 0.1) is 0 Å². The highest BCUT2D eigenvalue weighted by atomic mass is 79.9. The van der Waals surface area contributed by atoms with Gasteiger partial charge in [0.15, 0.2) is 0 Å². The van der Waals surface area contributed by atoms with E-state index in [9.17, 15) is 4.48 Å². The van der Waals surface area contributed by atoms with E-state index in [4.69, 9.17) is 0 Å². The fraction of sp³-hybridized carbons (Fsp3) is 0.250. The number of nitrogens with one attached hydrogen (secondary N) is 1. The molecule has 0 fully saturated rings. The third kappa shape index (κ3) is 4.11. The molecule has 62 valence electrons. The van der Waals surface area contributed by atoms with Crippen LogP contribution in [-0.4, -0.2) is 6.54 Å². The molecule has 0 aromatic heterocycles. The molecule has 0 aliphatic heterocycles. The van der Waals surface area contributed by atoms with Crippen molar-refractivity contribution in [2.75, 3.05) is 6.54 Å². The monoisotopic (exact) mass is 219 g/mol. The van der Waals surface area contributed by atoms with Crippen LogP contribution in [0.3, 0.4) is 0 Å².